The van der Waals surface area contributed by atoms with Crippen LogP contribution in [-0.4, -0.2) is 29.6 Å². The number of ether oxygens (including phenoxy) is 1. The number of hydrogen-bond acceptors (Lipinski definition) is 4. The number of pyridine rings is 1. The highest BCUT2D eigenvalue weighted by Gasteiger charge is 2.22. The molecule has 0 spiro atoms. The molecule has 5 heteroatoms. The van der Waals surface area contributed by atoms with Crippen LogP contribution in [0.3, 0.4) is 0 Å². The minimum absolute atomic E-state index is 0.156. The van der Waals surface area contributed by atoms with Gasteiger partial charge in [-0.05, 0) is 38.8 Å². The van der Waals surface area contributed by atoms with Crippen LogP contribution in [-0.2, 0) is 11.3 Å². The molecule has 0 saturated heterocycles. The van der Waals surface area contributed by atoms with Gasteiger partial charge in [-0.15, -0.1) is 6.58 Å². The summed E-state index contributed by atoms with van der Waals surface area (Å²) in [6, 6.07) is 4.38. The maximum atomic E-state index is 11.8. The van der Waals surface area contributed by atoms with Gasteiger partial charge >= 0.3 is 0 Å². The third-order valence-electron chi connectivity index (χ3n) is 3.30. The third-order valence-corrected chi connectivity index (χ3v) is 3.30. The van der Waals surface area contributed by atoms with Crippen LogP contribution < -0.4 is 15.4 Å². The fourth-order valence-electron chi connectivity index (χ4n) is 1.92. The van der Waals surface area contributed by atoms with E-state index in [2.05, 4.69) is 22.2 Å². The van der Waals surface area contributed by atoms with Gasteiger partial charge in [0.15, 0.2) is 6.10 Å². The van der Waals surface area contributed by atoms with E-state index in [1.165, 1.54) is 12.8 Å². The van der Waals surface area contributed by atoms with Crippen molar-refractivity contribution in [1.29, 1.82) is 0 Å². The summed E-state index contributed by atoms with van der Waals surface area (Å²) in [4.78, 5) is 16.4. The Hall–Kier alpha value is -1.88. The Morgan fingerprint density at radius 3 is 3.00 bits per heavy atom. The first-order chi connectivity index (χ1) is 10.1. The predicted octanol–water partition coefficient (Wildman–Crippen LogP) is 1.71. The summed E-state index contributed by atoms with van der Waals surface area (Å²) in [5.41, 5.74) is 1.80. The molecule has 1 aromatic rings. The van der Waals surface area contributed by atoms with Gasteiger partial charge in [0.2, 0.25) is 0 Å². The molecule has 0 aliphatic heterocycles. The number of nitrogens with zero attached hydrogens (tertiary/aromatic N) is 1. The summed E-state index contributed by atoms with van der Waals surface area (Å²) in [5.74, 6) is 0.506. The molecule has 1 aliphatic rings. The van der Waals surface area contributed by atoms with Crippen molar-refractivity contribution in [2.75, 3.05) is 6.54 Å². The molecule has 1 aliphatic carbocycles. The third kappa shape index (κ3) is 4.86. The highest BCUT2D eigenvalue weighted by Crippen LogP contribution is 2.22. The molecular formula is C16H23N3O2. The average molecular weight is 289 g/mol. The number of aryl methyl sites for hydroxylation is 1. The zero-order valence-electron chi connectivity index (χ0n) is 12.7. The molecule has 2 N–H and O–H groups in total. The summed E-state index contributed by atoms with van der Waals surface area (Å²) >= 11 is 0. The van der Waals surface area contributed by atoms with Crippen LogP contribution in [0.1, 0.15) is 31.2 Å². The van der Waals surface area contributed by atoms with Crippen LogP contribution in [0.4, 0.5) is 0 Å². The van der Waals surface area contributed by atoms with Gasteiger partial charge in [-0.25, -0.2) is 0 Å². The molecule has 1 heterocycles. The van der Waals surface area contributed by atoms with E-state index < -0.39 is 6.10 Å². The topological polar surface area (TPSA) is 63.2 Å². The lowest BCUT2D eigenvalue weighted by Crippen LogP contribution is -2.36. The Morgan fingerprint density at radius 1 is 1.57 bits per heavy atom. The van der Waals surface area contributed by atoms with Crippen LogP contribution in [0.15, 0.2) is 24.8 Å². The number of carbonyl (C=O) groups is 1. The van der Waals surface area contributed by atoms with Crippen LogP contribution in [0.25, 0.3) is 0 Å². The normalized spacial score (nSPS) is 15.3. The summed E-state index contributed by atoms with van der Waals surface area (Å²) in [6.45, 7) is 8.36. The minimum Gasteiger partial charge on any atom is -0.479 e. The van der Waals surface area contributed by atoms with Gasteiger partial charge in [0, 0.05) is 24.8 Å². The molecule has 21 heavy (non-hydrogen) atoms. The highest BCUT2D eigenvalue weighted by atomic mass is 16.5. The summed E-state index contributed by atoms with van der Waals surface area (Å²) in [7, 11) is 0. The molecule has 1 saturated carbocycles. The van der Waals surface area contributed by atoms with E-state index in [0.717, 1.165) is 11.4 Å². The molecule has 1 amide bonds. The minimum atomic E-state index is -0.561. The largest absolute Gasteiger partial charge is 0.479 e. The van der Waals surface area contributed by atoms with Gasteiger partial charge in [-0.1, -0.05) is 6.08 Å². The van der Waals surface area contributed by atoms with Crippen molar-refractivity contribution in [3.8, 4) is 5.75 Å². The van der Waals surface area contributed by atoms with Gasteiger partial charge in [0.1, 0.15) is 5.75 Å². The second kappa shape index (κ2) is 7.22. The molecule has 1 unspecified atom stereocenters. The fourth-order valence-corrected chi connectivity index (χ4v) is 1.92. The van der Waals surface area contributed by atoms with Gasteiger partial charge < -0.3 is 15.4 Å². The van der Waals surface area contributed by atoms with Crippen molar-refractivity contribution in [3.63, 3.8) is 0 Å². The van der Waals surface area contributed by atoms with E-state index in [1.807, 2.05) is 19.1 Å². The van der Waals surface area contributed by atoms with Crippen molar-refractivity contribution in [2.45, 2.75) is 45.4 Å². The second-order valence-corrected chi connectivity index (χ2v) is 5.35. The molecule has 1 aromatic heterocycles. The zero-order valence-corrected chi connectivity index (χ0v) is 12.7. The maximum Gasteiger partial charge on any atom is 0.261 e. The number of hydrogen-bond donors (Lipinski definition) is 2. The van der Waals surface area contributed by atoms with Gasteiger partial charge in [-0.3, -0.25) is 9.78 Å². The van der Waals surface area contributed by atoms with Gasteiger partial charge in [0.05, 0.1) is 5.69 Å². The molecular weight excluding hydrogens is 266 g/mol. The lowest BCUT2D eigenvalue weighted by molar-refractivity contribution is -0.127. The Labute approximate surface area is 125 Å². The molecule has 0 bridgehead atoms. The molecule has 0 aromatic carbocycles. The second-order valence-electron chi connectivity index (χ2n) is 5.35. The van der Waals surface area contributed by atoms with E-state index in [4.69, 9.17) is 4.74 Å². The summed E-state index contributed by atoms with van der Waals surface area (Å²) in [6.07, 6.45) is 3.53. The number of carbonyl (C=O) groups excluding carboxylic acids is 1. The van der Waals surface area contributed by atoms with Crippen molar-refractivity contribution < 1.29 is 9.53 Å². The number of rotatable bonds is 8. The Kier molecular flexibility index (Phi) is 5.33. The number of amides is 1. The monoisotopic (exact) mass is 289 g/mol. The SMILES string of the molecule is C=CCNC(=O)C(C)Oc1ccc(C)nc1CNC1CC1. The Balaban J connectivity index is 1.99. The molecule has 5 nitrogen and oxygen atoms in total. The van der Waals surface area contributed by atoms with Gasteiger partial charge in [-0.2, -0.15) is 0 Å². The molecule has 2 rings (SSSR count). The van der Waals surface area contributed by atoms with Gasteiger partial charge in [0.25, 0.3) is 5.91 Å². The maximum absolute atomic E-state index is 11.8. The highest BCUT2D eigenvalue weighted by molar-refractivity contribution is 5.80. The smallest absolute Gasteiger partial charge is 0.261 e. The van der Waals surface area contributed by atoms with Crippen LogP contribution >= 0.6 is 0 Å². The fraction of sp³-hybridized carbons (Fsp3) is 0.500. The Bertz CT molecular complexity index is 512. The molecule has 1 atom stereocenters. The van der Waals surface area contributed by atoms with Crippen LogP contribution in [0, 0.1) is 6.92 Å². The molecule has 1 fully saturated rings. The van der Waals surface area contributed by atoms with Crippen molar-refractivity contribution >= 4 is 5.91 Å². The lowest BCUT2D eigenvalue weighted by Gasteiger charge is -2.17. The Morgan fingerprint density at radius 2 is 2.33 bits per heavy atom. The lowest BCUT2D eigenvalue weighted by atomic mass is 10.2. The number of aromatic nitrogens is 1. The zero-order chi connectivity index (χ0) is 15.2. The first kappa shape index (κ1) is 15.5. The standard InChI is InChI=1S/C16H23N3O2/c1-4-9-17-16(20)12(3)21-15-8-5-11(2)19-14(15)10-18-13-6-7-13/h4-5,8,12-13,18H,1,6-7,9-10H2,2-3H3,(H,17,20). The summed E-state index contributed by atoms with van der Waals surface area (Å²) in [5, 5.41) is 6.15. The number of nitrogens with one attached hydrogen (secondary N) is 2. The van der Waals surface area contributed by atoms with Crippen molar-refractivity contribution in [2.24, 2.45) is 0 Å². The average Bonchev–Trinajstić information content (AvgIpc) is 3.29. The van der Waals surface area contributed by atoms with E-state index in [9.17, 15) is 4.79 Å². The summed E-state index contributed by atoms with van der Waals surface area (Å²) < 4.78 is 5.76. The van der Waals surface area contributed by atoms with Crippen molar-refractivity contribution in [1.82, 2.24) is 15.6 Å². The predicted molar refractivity (Wildman–Crippen MR) is 82.1 cm³/mol. The molecule has 114 valence electrons. The van der Waals surface area contributed by atoms with E-state index in [1.54, 1.807) is 13.0 Å². The van der Waals surface area contributed by atoms with E-state index >= 15 is 0 Å². The van der Waals surface area contributed by atoms with E-state index in [-0.39, 0.29) is 5.91 Å². The van der Waals surface area contributed by atoms with Crippen molar-refractivity contribution in [3.05, 3.63) is 36.2 Å². The first-order valence-corrected chi connectivity index (χ1v) is 7.35. The van der Waals surface area contributed by atoms with Crippen LogP contribution in [0.2, 0.25) is 0 Å². The first-order valence-electron chi connectivity index (χ1n) is 7.35. The van der Waals surface area contributed by atoms with E-state index in [0.29, 0.717) is 24.9 Å². The quantitative estimate of drug-likeness (QED) is 0.715. The van der Waals surface area contributed by atoms with Crippen LogP contribution in [0.5, 0.6) is 5.75 Å². The molecule has 0 radical (unpaired) electrons.